The average Bonchev–Trinajstić information content (AvgIpc) is 2.47. The lowest BCUT2D eigenvalue weighted by atomic mass is 9.99. The highest BCUT2D eigenvalue weighted by Gasteiger charge is 2.31. The minimum atomic E-state index is -2.08. The second-order valence-corrected chi connectivity index (χ2v) is 4.68. The van der Waals surface area contributed by atoms with Gasteiger partial charge in [-0.15, -0.1) is 0 Å². The van der Waals surface area contributed by atoms with Crippen molar-refractivity contribution in [2.75, 3.05) is 0 Å². The molecule has 0 aromatic rings. The van der Waals surface area contributed by atoms with E-state index < -0.39 is 16.3 Å². The number of carbonyl (C=O) groups is 1. The molecule has 0 radical (unpaired) electrons. The molecule has 0 saturated heterocycles. The van der Waals surface area contributed by atoms with Crippen molar-refractivity contribution in [1.82, 2.24) is 0 Å². The van der Waals surface area contributed by atoms with Crippen LogP contribution in [0.2, 0.25) is 0 Å². The number of Topliss-reactive ketones (excluding diaryl/α,β-unsaturated/α-hetero) is 1. The van der Waals surface area contributed by atoms with Crippen LogP contribution in [0.25, 0.3) is 0 Å². The van der Waals surface area contributed by atoms with Crippen LogP contribution in [-0.2, 0) is 15.9 Å². The van der Waals surface area contributed by atoms with Crippen LogP contribution in [0.1, 0.15) is 39.0 Å². The van der Waals surface area contributed by atoms with Gasteiger partial charge < -0.3 is 4.55 Å². The predicted octanol–water partition coefficient (Wildman–Crippen LogP) is 1.40. The van der Waals surface area contributed by atoms with Crippen LogP contribution in [0.3, 0.4) is 0 Å². The first kappa shape index (κ1) is 10.9. The molecule has 0 aromatic heterocycles. The minimum Gasteiger partial charge on any atom is -0.772 e. The van der Waals surface area contributed by atoms with Gasteiger partial charge in [-0.25, -0.2) is 0 Å². The van der Waals surface area contributed by atoms with Crippen molar-refractivity contribution in [1.29, 1.82) is 0 Å². The molecule has 0 amide bonds. The summed E-state index contributed by atoms with van der Waals surface area (Å²) in [5.74, 6) is -0.0686. The van der Waals surface area contributed by atoms with Gasteiger partial charge in [-0.05, 0) is 19.3 Å². The molecule has 0 heterocycles. The minimum absolute atomic E-state index is 0.141. The summed E-state index contributed by atoms with van der Waals surface area (Å²) in [6.07, 6.45) is 3.63. The first-order valence-corrected chi connectivity index (χ1v) is 5.91. The normalized spacial score (nSPS) is 27.5. The molecular formula is C9H15O3S-. The zero-order valence-corrected chi connectivity index (χ0v) is 8.64. The van der Waals surface area contributed by atoms with Crippen LogP contribution in [0.4, 0.5) is 0 Å². The Morgan fingerprint density at radius 1 is 1.69 bits per heavy atom. The second kappa shape index (κ2) is 4.86. The van der Waals surface area contributed by atoms with Gasteiger partial charge in [-0.1, -0.05) is 24.4 Å². The van der Waals surface area contributed by atoms with Gasteiger partial charge in [-0.2, -0.15) is 0 Å². The Balaban J connectivity index is 2.63. The summed E-state index contributed by atoms with van der Waals surface area (Å²) < 4.78 is 21.7. The molecule has 0 aromatic carbocycles. The molecule has 1 saturated carbocycles. The van der Waals surface area contributed by atoms with Crippen molar-refractivity contribution < 1.29 is 13.6 Å². The zero-order chi connectivity index (χ0) is 9.84. The van der Waals surface area contributed by atoms with E-state index in [2.05, 4.69) is 0 Å². The summed E-state index contributed by atoms with van der Waals surface area (Å²) in [5.41, 5.74) is 0. The second-order valence-electron chi connectivity index (χ2n) is 3.55. The van der Waals surface area contributed by atoms with Crippen molar-refractivity contribution in [2.45, 2.75) is 44.3 Å². The van der Waals surface area contributed by atoms with E-state index in [1.54, 1.807) is 0 Å². The van der Waals surface area contributed by atoms with Crippen molar-refractivity contribution in [3.63, 3.8) is 0 Å². The van der Waals surface area contributed by atoms with Crippen LogP contribution in [0.5, 0.6) is 0 Å². The van der Waals surface area contributed by atoms with E-state index in [1.807, 2.05) is 6.92 Å². The van der Waals surface area contributed by atoms with Gasteiger partial charge in [0.25, 0.3) is 0 Å². The van der Waals surface area contributed by atoms with Crippen molar-refractivity contribution >= 4 is 16.9 Å². The standard InChI is InChI=1S/C9H16O3S/c1-2-4-9(13(11)12)7-5-3-6-8(7)10/h7,9H,2-6H2,1H3,(H,11,12)/p-1. The number of carbonyl (C=O) groups excluding carboxylic acids is 1. The average molecular weight is 203 g/mol. The highest BCUT2D eigenvalue weighted by Crippen LogP contribution is 2.29. The van der Waals surface area contributed by atoms with E-state index in [0.29, 0.717) is 12.8 Å². The number of rotatable bonds is 4. The first-order valence-electron chi connectivity index (χ1n) is 4.77. The SMILES string of the molecule is CCCC(C1CCCC1=O)S(=O)[O-]. The molecule has 1 fully saturated rings. The highest BCUT2D eigenvalue weighted by molar-refractivity contribution is 7.79. The van der Waals surface area contributed by atoms with E-state index in [-0.39, 0.29) is 11.7 Å². The lowest BCUT2D eigenvalue weighted by molar-refractivity contribution is -0.120. The van der Waals surface area contributed by atoms with Gasteiger partial charge in [0.1, 0.15) is 5.78 Å². The van der Waals surface area contributed by atoms with Gasteiger partial charge in [0.05, 0.1) is 0 Å². The Morgan fingerprint density at radius 2 is 2.38 bits per heavy atom. The zero-order valence-electron chi connectivity index (χ0n) is 7.82. The Kier molecular flexibility index (Phi) is 4.06. The van der Waals surface area contributed by atoms with Crippen molar-refractivity contribution in [2.24, 2.45) is 5.92 Å². The van der Waals surface area contributed by atoms with E-state index in [9.17, 15) is 13.6 Å². The van der Waals surface area contributed by atoms with E-state index in [4.69, 9.17) is 0 Å². The van der Waals surface area contributed by atoms with Gasteiger partial charge in [0.2, 0.25) is 0 Å². The van der Waals surface area contributed by atoms with Crippen LogP contribution >= 0.6 is 0 Å². The molecule has 3 unspecified atom stereocenters. The Labute approximate surface area is 81.2 Å². The maximum Gasteiger partial charge on any atom is 0.137 e. The predicted molar refractivity (Wildman–Crippen MR) is 50.0 cm³/mol. The van der Waals surface area contributed by atoms with Gasteiger partial charge in [0.15, 0.2) is 0 Å². The Hall–Kier alpha value is -0.220. The molecule has 0 aliphatic heterocycles. The molecule has 3 nitrogen and oxygen atoms in total. The Morgan fingerprint density at radius 3 is 2.77 bits per heavy atom. The summed E-state index contributed by atoms with van der Waals surface area (Å²) in [4.78, 5) is 11.3. The third-order valence-electron chi connectivity index (χ3n) is 2.62. The smallest absolute Gasteiger partial charge is 0.137 e. The summed E-state index contributed by atoms with van der Waals surface area (Å²) in [6.45, 7) is 1.94. The summed E-state index contributed by atoms with van der Waals surface area (Å²) in [6, 6.07) is 0. The number of ketones is 1. The third-order valence-corrected chi connectivity index (χ3v) is 3.68. The monoisotopic (exact) mass is 203 g/mol. The van der Waals surface area contributed by atoms with Gasteiger partial charge in [0, 0.05) is 17.6 Å². The van der Waals surface area contributed by atoms with Crippen LogP contribution in [0, 0.1) is 5.92 Å². The molecule has 13 heavy (non-hydrogen) atoms. The van der Waals surface area contributed by atoms with Crippen LogP contribution < -0.4 is 0 Å². The first-order chi connectivity index (χ1) is 6.16. The summed E-state index contributed by atoms with van der Waals surface area (Å²) in [7, 11) is 0. The number of hydrogen-bond acceptors (Lipinski definition) is 3. The summed E-state index contributed by atoms with van der Waals surface area (Å²) >= 11 is -2.08. The number of hydrogen-bond donors (Lipinski definition) is 0. The van der Waals surface area contributed by atoms with Crippen molar-refractivity contribution in [3.05, 3.63) is 0 Å². The lowest BCUT2D eigenvalue weighted by Gasteiger charge is -2.23. The van der Waals surface area contributed by atoms with E-state index in [1.165, 1.54) is 0 Å². The van der Waals surface area contributed by atoms with Crippen molar-refractivity contribution in [3.8, 4) is 0 Å². The topological polar surface area (TPSA) is 57.2 Å². The fourth-order valence-corrected chi connectivity index (χ4v) is 2.94. The maximum atomic E-state index is 11.3. The fraction of sp³-hybridized carbons (Fsp3) is 0.889. The maximum absolute atomic E-state index is 11.3. The Bertz CT molecular complexity index is 215. The van der Waals surface area contributed by atoms with E-state index in [0.717, 1.165) is 19.3 Å². The molecular weight excluding hydrogens is 188 g/mol. The molecule has 4 heteroatoms. The molecule has 76 valence electrons. The molecule has 0 spiro atoms. The molecule has 1 aliphatic rings. The summed E-state index contributed by atoms with van der Waals surface area (Å²) in [5, 5.41) is -0.431. The third kappa shape index (κ3) is 2.61. The van der Waals surface area contributed by atoms with Crippen LogP contribution in [-0.4, -0.2) is 19.8 Å². The van der Waals surface area contributed by atoms with Crippen LogP contribution in [0.15, 0.2) is 0 Å². The largest absolute Gasteiger partial charge is 0.772 e. The molecule has 3 atom stereocenters. The van der Waals surface area contributed by atoms with Gasteiger partial charge in [-0.3, -0.25) is 9.00 Å². The molecule has 0 N–H and O–H groups in total. The quantitative estimate of drug-likeness (QED) is 0.649. The lowest BCUT2D eigenvalue weighted by Crippen LogP contribution is -2.28. The molecule has 1 aliphatic carbocycles. The highest BCUT2D eigenvalue weighted by atomic mass is 32.2. The van der Waals surface area contributed by atoms with E-state index >= 15 is 0 Å². The molecule has 0 bridgehead atoms. The molecule has 1 rings (SSSR count). The van der Waals surface area contributed by atoms with Gasteiger partial charge >= 0.3 is 0 Å². The fourth-order valence-electron chi connectivity index (χ4n) is 1.95.